The first-order valence-electron chi connectivity index (χ1n) is 7.22. The Morgan fingerprint density at radius 3 is 2.75 bits per heavy atom. The summed E-state index contributed by atoms with van der Waals surface area (Å²) in [5, 5.41) is 6.10. The van der Waals surface area contributed by atoms with Gasteiger partial charge in [-0.05, 0) is 23.6 Å². The molecule has 0 saturated heterocycles. The summed E-state index contributed by atoms with van der Waals surface area (Å²) in [6, 6.07) is 5.02. The number of sulfonamides is 1. The molecule has 24 heavy (non-hydrogen) atoms. The summed E-state index contributed by atoms with van der Waals surface area (Å²) in [6.07, 6.45) is 0.744. The van der Waals surface area contributed by atoms with Crippen molar-refractivity contribution < 1.29 is 8.42 Å². The molecule has 0 unspecified atom stereocenters. The van der Waals surface area contributed by atoms with Crippen LogP contribution < -0.4 is 10.0 Å². The molecule has 0 aliphatic rings. The van der Waals surface area contributed by atoms with Gasteiger partial charge in [-0.15, -0.1) is 22.7 Å². The predicted molar refractivity (Wildman–Crippen MR) is 99.8 cm³/mol. The van der Waals surface area contributed by atoms with E-state index in [9.17, 15) is 8.42 Å². The maximum Gasteiger partial charge on any atom is 0.250 e. The van der Waals surface area contributed by atoms with E-state index in [1.165, 1.54) is 6.07 Å². The molecular formula is C14H15ClN4O2S3. The summed E-state index contributed by atoms with van der Waals surface area (Å²) in [5.41, 5.74) is 0. The summed E-state index contributed by atoms with van der Waals surface area (Å²) < 4.78 is 27.4. The van der Waals surface area contributed by atoms with Crippen LogP contribution in [0.1, 0.15) is 12.7 Å². The molecule has 3 heterocycles. The Bertz CT molecular complexity index is 952. The molecule has 0 bridgehead atoms. The third kappa shape index (κ3) is 3.86. The van der Waals surface area contributed by atoms with Crippen LogP contribution in [0.25, 0.3) is 10.2 Å². The zero-order chi connectivity index (χ0) is 17.2. The van der Waals surface area contributed by atoms with E-state index in [2.05, 4.69) is 20.0 Å². The number of fused-ring (bicyclic) bond motifs is 1. The molecule has 0 spiro atoms. The van der Waals surface area contributed by atoms with Crippen molar-refractivity contribution in [3.8, 4) is 0 Å². The zero-order valence-electron chi connectivity index (χ0n) is 12.7. The molecule has 3 rings (SSSR count). The maximum absolute atomic E-state index is 12.1. The smallest absolute Gasteiger partial charge is 0.250 e. The van der Waals surface area contributed by atoms with Gasteiger partial charge in [-0.25, -0.2) is 23.1 Å². The third-order valence-electron chi connectivity index (χ3n) is 3.21. The normalized spacial score (nSPS) is 11.9. The van der Waals surface area contributed by atoms with Crippen molar-refractivity contribution in [2.24, 2.45) is 0 Å². The number of nitrogens with zero attached hydrogens (tertiary/aromatic N) is 2. The first-order chi connectivity index (χ1) is 11.5. The van der Waals surface area contributed by atoms with Crippen molar-refractivity contribution in [3.05, 3.63) is 33.7 Å². The second-order valence-electron chi connectivity index (χ2n) is 4.86. The Labute approximate surface area is 153 Å². The van der Waals surface area contributed by atoms with E-state index in [0.29, 0.717) is 10.9 Å². The number of hydrogen-bond acceptors (Lipinski definition) is 7. The highest BCUT2D eigenvalue weighted by Crippen LogP contribution is 2.26. The highest BCUT2D eigenvalue weighted by molar-refractivity contribution is 7.91. The van der Waals surface area contributed by atoms with E-state index in [-0.39, 0.29) is 10.8 Å². The average Bonchev–Trinajstić information content (AvgIpc) is 3.20. The summed E-state index contributed by atoms with van der Waals surface area (Å²) in [6.45, 7) is 2.66. The van der Waals surface area contributed by atoms with Crippen LogP contribution in [-0.2, 0) is 16.4 Å². The number of nitrogens with one attached hydrogen (secondary N) is 2. The Hall–Kier alpha value is -1.26. The number of anilines is 1. The van der Waals surface area contributed by atoms with Crippen molar-refractivity contribution >= 4 is 60.3 Å². The predicted octanol–water partition coefficient (Wildman–Crippen LogP) is 3.36. The standard InChI is InChI=1S/C14H15ClN4O2S3/c1-2-11-18-13(9-5-8-22-14(9)19-11)16-6-7-17-24(20,21)12-4-3-10(15)23-12/h3-5,8,17H,2,6-7H2,1H3,(H,16,18,19). The molecule has 0 saturated carbocycles. The van der Waals surface area contributed by atoms with Gasteiger partial charge in [0.1, 0.15) is 20.7 Å². The molecule has 0 fully saturated rings. The van der Waals surface area contributed by atoms with Crippen molar-refractivity contribution in [2.45, 2.75) is 17.6 Å². The quantitative estimate of drug-likeness (QED) is 0.592. The molecule has 10 heteroatoms. The van der Waals surface area contributed by atoms with Crippen LogP contribution in [0.15, 0.2) is 27.8 Å². The van der Waals surface area contributed by atoms with Gasteiger partial charge in [-0.3, -0.25) is 0 Å². The van der Waals surface area contributed by atoms with Gasteiger partial charge in [-0.1, -0.05) is 18.5 Å². The Morgan fingerprint density at radius 2 is 2.04 bits per heavy atom. The number of thiophene rings is 2. The fourth-order valence-corrected chi connectivity index (χ4v) is 5.41. The van der Waals surface area contributed by atoms with E-state index >= 15 is 0 Å². The molecule has 0 atom stereocenters. The lowest BCUT2D eigenvalue weighted by molar-refractivity contribution is 0.585. The van der Waals surface area contributed by atoms with Gasteiger partial charge in [-0.2, -0.15) is 0 Å². The first kappa shape index (κ1) is 17.6. The van der Waals surface area contributed by atoms with Gasteiger partial charge < -0.3 is 5.32 Å². The summed E-state index contributed by atoms with van der Waals surface area (Å²) in [5.74, 6) is 1.50. The summed E-state index contributed by atoms with van der Waals surface area (Å²) in [4.78, 5) is 9.88. The van der Waals surface area contributed by atoms with E-state index in [4.69, 9.17) is 11.6 Å². The van der Waals surface area contributed by atoms with E-state index in [1.54, 1.807) is 17.4 Å². The Balaban J connectivity index is 1.64. The Morgan fingerprint density at radius 1 is 1.21 bits per heavy atom. The van der Waals surface area contributed by atoms with Gasteiger partial charge in [0.15, 0.2) is 0 Å². The molecule has 3 aromatic rings. The second-order valence-corrected chi connectivity index (χ2v) is 9.47. The minimum atomic E-state index is -3.52. The lowest BCUT2D eigenvalue weighted by Gasteiger charge is -2.09. The number of aromatic nitrogens is 2. The molecule has 2 N–H and O–H groups in total. The molecule has 0 aliphatic carbocycles. The molecule has 6 nitrogen and oxygen atoms in total. The minimum Gasteiger partial charge on any atom is -0.368 e. The third-order valence-corrected chi connectivity index (χ3v) is 7.20. The SMILES string of the molecule is CCc1nc(NCCNS(=O)(=O)c2ccc(Cl)s2)c2ccsc2n1. The summed E-state index contributed by atoms with van der Waals surface area (Å²) in [7, 11) is -3.52. The fraction of sp³-hybridized carbons (Fsp3) is 0.286. The van der Waals surface area contributed by atoms with Crippen molar-refractivity contribution in [1.82, 2.24) is 14.7 Å². The van der Waals surface area contributed by atoms with Crippen LogP contribution in [0.3, 0.4) is 0 Å². The number of aryl methyl sites for hydroxylation is 1. The molecule has 0 radical (unpaired) electrons. The minimum absolute atomic E-state index is 0.211. The average molecular weight is 403 g/mol. The second kappa shape index (κ2) is 7.32. The lowest BCUT2D eigenvalue weighted by Crippen LogP contribution is -2.28. The number of rotatable bonds is 7. The van der Waals surface area contributed by atoms with Crippen LogP contribution in [0.4, 0.5) is 5.82 Å². The van der Waals surface area contributed by atoms with Crippen molar-refractivity contribution in [3.63, 3.8) is 0 Å². The monoisotopic (exact) mass is 402 g/mol. The van der Waals surface area contributed by atoms with E-state index < -0.39 is 10.0 Å². The van der Waals surface area contributed by atoms with Gasteiger partial charge in [0.05, 0.1) is 9.72 Å². The van der Waals surface area contributed by atoms with Crippen molar-refractivity contribution in [2.75, 3.05) is 18.4 Å². The zero-order valence-corrected chi connectivity index (χ0v) is 15.9. The van der Waals surface area contributed by atoms with E-state index in [0.717, 1.165) is 39.6 Å². The number of halogens is 1. The highest BCUT2D eigenvalue weighted by atomic mass is 35.5. The molecule has 128 valence electrons. The molecular weight excluding hydrogens is 388 g/mol. The van der Waals surface area contributed by atoms with Crippen LogP contribution in [0.2, 0.25) is 4.34 Å². The maximum atomic E-state index is 12.1. The Kier molecular flexibility index (Phi) is 5.36. The topological polar surface area (TPSA) is 84.0 Å². The summed E-state index contributed by atoms with van der Waals surface area (Å²) >= 11 is 8.37. The fourth-order valence-electron chi connectivity index (χ4n) is 2.07. The van der Waals surface area contributed by atoms with Gasteiger partial charge in [0, 0.05) is 19.5 Å². The highest BCUT2D eigenvalue weighted by Gasteiger charge is 2.16. The van der Waals surface area contributed by atoms with Crippen LogP contribution in [0.5, 0.6) is 0 Å². The molecule has 0 amide bonds. The molecule has 3 aromatic heterocycles. The molecule has 0 aromatic carbocycles. The van der Waals surface area contributed by atoms with Gasteiger partial charge >= 0.3 is 0 Å². The first-order valence-corrected chi connectivity index (χ1v) is 10.8. The van der Waals surface area contributed by atoms with Gasteiger partial charge in [0.25, 0.3) is 0 Å². The lowest BCUT2D eigenvalue weighted by atomic mass is 10.3. The largest absolute Gasteiger partial charge is 0.368 e. The van der Waals surface area contributed by atoms with E-state index in [1.807, 2.05) is 18.4 Å². The van der Waals surface area contributed by atoms with Crippen LogP contribution in [0, 0.1) is 0 Å². The van der Waals surface area contributed by atoms with Crippen LogP contribution >= 0.6 is 34.3 Å². The van der Waals surface area contributed by atoms with Gasteiger partial charge in [0.2, 0.25) is 10.0 Å². The molecule has 0 aliphatic heterocycles. The van der Waals surface area contributed by atoms with Crippen molar-refractivity contribution in [1.29, 1.82) is 0 Å². The number of hydrogen-bond donors (Lipinski definition) is 2. The van der Waals surface area contributed by atoms with Crippen LogP contribution in [-0.4, -0.2) is 31.5 Å².